The molecule has 0 aliphatic heterocycles. The van der Waals surface area contributed by atoms with Crippen molar-refractivity contribution in [3.63, 3.8) is 0 Å². The summed E-state index contributed by atoms with van der Waals surface area (Å²) in [7, 11) is 0. The van der Waals surface area contributed by atoms with E-state index in [4.69, 9.17) is 9.62 Å². The number of ether oxygens (including phenoxy) is 1. The molecule has 0 N–H and O–H groups in total. The summed E-state index contributed by atoms with van der Waals surface area (Å²) in [6.07, 6.45) is 2.80. The molecule has 0 bridgehead atoms. The second-order valence-corrected chi connectivity index (χ2v) is 5.49. The number of hydrogen-bond acceptors (Lipinski definition) is 6. The van der Waals surface area contributed by atoms with Crippen molar-refractivity contribution in [2.24, 2.45) is 0 Å². The Bertz CT molecular complexity index is 515. The zero-order valence-electron chi connectivity index (χ0n) is 13.0. The average molecular weight is 311 g/mol. The van der Waals surface area contributed by atoms with Crippen LogP contribution >= 0.6 is 0 Å². The van der Waals surface area contributed by atoms with Gasteiger partial charge in [-0.15, -0.1) is 0 Å². The minimum atomic E-state index is -1.07. The maximum atomic E-state index is 11.5. The van der Waals surface area contributed by atoms with Crippen molar-refractivity contribution in [2.45, 2.75) is 52.1 Å². The molecule has 0 radical (unpaired) electrons. The lowest BCUT2D eigenvalue weighted by Crippen LogP contribution is -2.27. The standard InChI is InChI=1S/C15H21NO6/c1-4-5-6-10-15(2,3)22-21-14(17)20-13-9-7-8-12(11-13)16(18)19/h7-9,11H,4-6,10H2,1-3H3. The molecule has 0 aromatic heterocycles. The first-order valence-electron chi connectivity index (χ1n) is 7.16. The first kappa shape index (κ1) is 17.9. The number of unbranched alkanes of at least 4 members (excludes halogenated alkanes) is 2. The molecular formula is C15H21NO6. The van der Waals surface area contributed by atoms with Gasteiger partial charge in [-0.05, 0) is 26.3 Å². The quantitative estimate of drug-likeness (QED) is 0.176. The molecule has 7 heteroatoms. The van der Waals surface area contributed by atoms with Gasteiger partial charge in [-0.25, -0.2) is 4.79 Å². The molecule has 0 saturated carbocycles. The Kier molecular flexibility index (Phi) is 6.78. The van der Waals surface area contributed by atoms with Gasteiger partial charge in [-0.2, -0.15) is 4.89 Å². The maximum Gasteiger partial charge on any atom is 0.546 e. The van der Waals surface area contributed by atoms with Crippen molar-refractivity contribution >= 4 is 11.8 Å². The van der Waals surface area contributed by atoms with Crippen LogP contribution < -0.4 is 4.74 Å². The molecule has 0 saturated heterocycles. The van der Waals surface area contributed by atoms with Crippen LogP contribution in [-0.2, 0) is 9.78 Å². The van der Waals surface area contributed by atoms with Crippen LogP contribution in [0.3, 0.4) is 0 Å². The van der Waals surface area contributed by atoms with Gasteiger partial charge in [-0.1, -0.05) is 32.3 Å². The summed E-state index contributed by atoms with van der Waals surface area (Å²) in [5.74, 6) is 0.0200. The van der Waals surface area contributed by atoms with Crippen LogP contribution in [0.1, 0.15) is 46.5 Å². The lowest BCUT2D eigenvalue weighted by Gasteiger charge is -2.22. The number of non-ortho nitro benzene ring substituents is 1. The molecule has 0 fully saturated rings. The minimum Gasteiger partial charge on any atom is -0.393 e. The largest absolute Gasteiger partial charge is 0.546 e. The molecule has 0 amide bonds. The topological polar surface area (TPSA) is 87.9 Å². The van der Waals surface area contributed by atoms with Crippen molar-refractivity contribution in [1.82, 2.24) is 0 Å². The highest BCUT2D eigenvalue weighted by molar-refractivity contribution is 5.63. The third kappa shape index (κ3) is 6.53. The average Bonchev–Trinajstić information content (AvgIpc) is 2.46. The third-order valence-corrected chi connectivity index (χ3v) is 2.95. The molecule has 0 heterocycles. The van der Waals surface area contributed by atoms with E-state index in [2.05, 4.69) is 11.8 Å². The Balaban J connectivity index is 2.46. The number of carbonyl (C=O) groups is 1. The smallest absolute Gasteiger partial charge is 0.393 e. The van der Waals surface area contributed by atoms with E-state index in [1.54, 1.807) is 0 Å². The van der Waals surface area contributed by atoms with E-state index >= 15 is 0 Å². The lowest BCUT2D eigenvalue weighted by molar-refractivity contribution is -0.384. The van der Waals surface area contributed by atoms with Gasteiger partial charge in [0.2, 0.25) is 0 Å². The van der Waals surface area contributed by atoms with Crippen LogP contribution in [0.4, 0.5) is 10.5 Å². The van der Waals surface area contributed by atoms with Crippen molar-refractivity contribution in [1.29, 1.82) is 0 Å². The summed E-state index contributed by atoms with van der Waals surface area (Å²) in [6, 6.07) is 5.26. The van der Waals surface area contributed by atoms with Gasteiger partial charge in [0.25, 0.3) is 5.69 Å². The van der Waals surface area contributed by atoms with Gasteiger partial charge in [0, 0.05) is 6.07 Å². The number of carbonyl (C=O) groups excluding carboxylic acids is 1. The predicted molar refractivity (Wildman–Crippen MR) is 79.5 cm³/mol. The summed E-state index contributed by atoms with van der Waals surface area (Å²) >= 11 is 0. The summed E-state index contributed by atoms with van der Waals surface area (Å²) in [5.41, 5.74) is -0.789. The van der Waals surface area contributed by atoms with Gasteiger partial charge >= 0.3 is 6.16 Å². The highest BCUT2D eigenvalue weighted by Crippen LogP contribution is 2.21. The molecule has 1 rings (SSSR count). The maximum absolute atomic E-state index is 11.5. The summed E-state index contributed by atoms with van der Waals surface area (Å²) in [5, 5.41) is 10.6. The van der Waals surface area contributed by atoms with Crippen LogP contribution in [0.5, 0.6) is 5.75 Å². The van der Waals surface area contributed by atoms with Crippen molar-refractivity contribution in [3.05, 3.63) is 34.4 Å². The second-order valence-electron chi connectivity index (χ2n) is 5.49. The SMILES string of the molecule is CCCCCC(C)(C)OOC(=O)Oc1cccc([N+](=O)[O-])c1. The first-order chi connectivity index (χ1) is 10.3. The minimum absolute atomic E-state index is 0.0200. The zero-order valence-corrected chi connectivity index (χ0v) is 13.0. The molecule has 0 unspecified atom stereocenters. The Morgan fingerprint density at radius 2 is 2.05 bits per heavy atom. The summed E-state index contributed by atoms with van der Waals surface area (Å²) < 4.78 is 4.84. The predicted octanol–water partition coefficient (Wildman–Crippen LogP) is 4.40. The lowest BCUT2D eigenvalue weighted by atomic mass is 10.0. The highest BCUT2D eigenvalue weighted by Gasteiger charge is 2.22. The number of nitrogens with zero attached hydrogens (tertiary/aromatic N) is 1. The number of hydrogen-bond donors (Lipinski definition) is 0. The first-order valence-corrected chi connectivity index (χ1v) is 7.16. The van der Waals surface area contributed by atoms with Crippen molar-refractivity contribution < 1.29 is 24.2 Å². The van der Waals surface area contributed by atoms with E-state index < -0.39 is 16.7 Å². The van der Waals surface area contributed by atoms with Gasteiger partial charge in [0.15, 0.2) is 0 Å². The van der Waals surface area contributed by atoms with E-state index in [-0.39, 0.29) is 11.4 Å². The van der Waals surface area contributed by atoms with Crippen LogP contribution in [-0.4, -0.2) is 16.7 Å². The van der Waals surface area contributed by atoms with Crippen LogP contribution in [0.2, 0.25) is 0 Å². The fourth-order valence-corrected chi connectivity index (χ4v) is 1.76. The Labute approximate surface area is 129 Å². The normalized spacial score (nSPS) is 11.0. The molecule has 0 spiro atoms. The fraction of sp³-hybridized carbons (Fsp3) is 0.533. The molecule has 122 valence electrons. The number of rotatable bonds is 8. The third-order valence-electron chi connectivity index (χ3n) is 2.95. The van der Waals surface area contributed by atoms with E-state index in [1.807, 2.05) is 13.8 Å². The fourth-order valence-electron chi connectivity index (χ4n) is 1.76. The Hall–Kier alpha value is -2.15. The van der Waals surface area contributed by atoms with Crippen LogP contribution in [0.25, 0.3) is 0 Å². The van der Waals surface area contributed by atoms with Gasteiger partial charge in [0.1, 0.15) is 11.4 Å². The number of nitro benzene ring substituents is 1. The molecule has 7 nitrogen and oxygen atoms in total. The molecule has 0 atom stereocenters. The van der Waals surface area contributed by atoms with Crippen molar-refractivity contribution in [2.75, 3.05) is 0 Å². The van der Waals surface area contributed by atoms with Gasteiger partial charge in [-0.3, -0.25) is 15.0 Å². The van der Waals surface area contributed by atoms with Crippen molar-refractivity contribution in [3.8, 4) is 5.75 Å². The van der Waals surface area contributed by atoms with E-state index in [1.165, 1.54) is 18.2 Å². The van der Waals surface area contributed by atoms with Gasteiger partial charge < -0.3 is 4.74 Å². The van der Waals surface area contributed by atoms with E-state index in [0.29, 0.717) is 0 Å². The van der Waals surface area contributed by atoms with E-state index in [9.17, 15) is 14.9 Å². The van der Waals surface area contributed by atoms with Crippen LogP contribution in [0, 0.1) is 10.1 Å². The highest BCUT2D eigenvalue weighted by atomic mass is 17.2. The van der Waals surface area contributed by atoms with Crippen LogP contribution in [0.15, 0.2) is 24.3 Å². The second kappa shape index (κ2) is 8.33. The zero-order chi connectivity index (χ0) is 16.6. The molecule has 22 heavy (non-hydrogen) atoms. The Morgan fingerprint density at radius 1 is 1.32 bits per heavy atom. The molecule has 1 aromatic carbocycles. The molecule has 0 aliphatic carbocycles. The Morgan fingerprint density at radius 3 is 2.68 bits per heavy atom. The molecular weight excluding hydrogens is 290 g/mol. The van der Waals surface area contributed by atoms with E-state index in [0.717, 1.165) is 31.7 Å². The molecule has 0 aliphatic rings. The summed E-state index contributed by atoms with van der Waals surface area (Å²) in [6.45, 7) is 5.72. The monoisotopic (exact) mass is 311 g/mol. The number of benzene rings is 1. The molecule has 1 aromatic rings. The summed E-state index contributed by atoms with van der Waals surface area (Å²) in [4.78, 5) is 31.3. The van der Waals surface area contributed by atoms with Gasteiger partial charge in [0.05, 0.1) is 11.0 Å². The number of nitro groups is 1.